The second kappa shape index (κ2) is 20.2. The minimum absolute atomic E-state index is 0.0154. The minimum Gasteiger partial charge on any atom is -0.456 e. The van der Waals surface area contributed by atoms with Crippen LogP contribution in [-0.4, -0.2) is 13.4 Å². The van der Waals surface area contributed by atoms with Crippen molar-refractivity contribution in [2.75, 3.05) is 19.6 Å². The average Bonchev–Trinajstić information content (AvgIpc) is 0.903. The van der Waals surface area contributed by atoms with Crippen LogP contribution in [-0.2, 0) is 0 Å². The Bertz CT molecular complexity index is 4960. The zero-order valence-electron chi connectivity index (χ0n) is 47.0. The van der Waals surface area contributed by atoms with Gasteiger partial charge in [-0.25, -0.2) is 0 Å². The molecule has 1 aromatic heterocycles. The van der Waals surface area contributed by atoms with Crippen molar-refractivity contribution in [3.63, 3.8) is 0 Å². The summed E-state index contributed by atoms with van der Waals surface area (Å²) in [4.78, 5) is 15.0. The Labute approximate surface area is 514 Å². The van der Waals surface area contributed by atoms with E-state index in [2.05, 4.69) is 323 Å². The zero-order valence-corrected chi connectivity index (χ0v) is 48.7. The fourth-order valence-electron chi connectivity index (χ4n) is 14.2. The number of benzene rings is 13. The molecule has 0 atom stereocenters. The smallest absolute Gasteiger partial charge is 0.252 e. The second-order valence-corrected chi connectivity index (χ2v) is 24.9. The van der Waals surface area contributed by atoms with E-state index in [0.717, 1.165) is 101 Å². The Balaban J connectivity index is 0.959. The first-order valence-corrected chi connectivity index (χ1v) is 31.3. The van der Waals surface area contributed by atoms with Crippen molar-refractivity contribution in [1.82, 2.24) is 0 Å². The van der Waals surface area contributed by atoms with Crippen LogP contribution in [0.25, 0.3) is 33.1 Å². The summed E-state index contributed by atoms with van der Waals surface area (Å²) in [5.41, 5.74) is 25.0. The monoisotopic (exact) mass is 1140 g/mol. The van der Waals surface area contributed by atoms with Crippen LogP contribution in [0.3, 0.4) is 0 Å². The number of rotatable bonds is 9. The third-order valence-corrected chi connectivity index (χ3v) is 20.1. The molecule has 0 saturated heterocycles. The van der Waals surface area contributed by atoms with Crippen molar-refractivity contribution < 1.29 is 4.42 Å². The Morgan fingerprint density at radius 3 is 1.44 bits per heavy atom. The van der Waals surface area contributed by atoms with Gasteiger partial charge in [-0.1, -0.05) is 216 Å². The van der Waals surface area contributed by atoms with Gasteiger partial charge in [-0.2, -0.15) is 0 Å². The maximum Gasteiger partial charge on any atom is 0.252 e. The molecule has 0 spiro atoms. The topological polar surface area (TPSA) is 26.1 Å². The predicted molar refractivity (Wildman–Crippen MR) is 368 cm³/mol. The number of nitrogens with zero attached hydrogens (tertiary/aromatic N) is 4. The van der Waals surface area contributed by atoms with Crippen molar-refractivity contribution in [1.29, 1.82) is 0 Å². The van der Waals surface area contributed by atoms with Crippen molar-refractivity contribution in [3.05, 3.63) is 303 Å². The molecule has 14 aromatic rings. The summed E-state index contributed by atoms with van der Waals surface area (Å²) >= 11 is 3.82. The molecule has 87 heavy (non-hydrogen) atoms. The Morgan fingerprint density at radius 1 is 0.287 bits per heavy atom. The van der Waals surface area contributed by atoms with E-state index in [1.54, 1.807) is 0 Å². The van der Waals surface area contributed by atoms with Gasteiger partial charge in [0.15, 0.2) is 0 Å². The predicted octanol–water partition coefficient (Wildman–Crippen LogP) is 17.7. The van der Waals surface area contributed by atoms with E-state index >= 15 is 0 Å². The first-order valence-electron chi connectivity index (χ1n) is 29.7. The molecular formula is C78H50B2N4OS2. The molecule has 13 aromatic carbocycles. The third kappa shape index (κ3) is 8.00. The van der Waals surface area contributed by atoms with Crippen molar-refractivity contribution in [2.45, 2.75) is 19.6 Å². The van der Waals surface area contributed by atoms with Gasteiger partial charge >= 0.3 is 0 Å². The fourth-order valence-corrected chi connectivity index (χ4v) is 16.7. The van der Waals surface area contributed by atoms with Crippen LogP contribution >= 0.6 is 23.5 Å². The van der Waals surface area contributed by atoms with Gasteiger partial charge in [-0.15, -0.1) is 0 Å². The molecule has 0 bridgehead atoms. The molecular weight excluding hydrogens is 1090 g/mol. The van der Waals surface area contributed by atoms with Gasteiger partial charge in [-0.05, 0) is 143 Å². The molecule has 5 nitrogen and oxygen atoms in total. The summed E-state index contributed by atoms with van der Waals surface area (Å²) in [6.07, 6.45) is 0. The second-order valence-electron chi connectivity index (χ2n) is 22.7. The number of fused-ring (bicyclic) bond motifs is 11. The summed E-state index contributed by atoms with van der Waals surface area (Å²) in [6, 6.07) is 112. The standard InChI is InChI=1S/C78H50B2N4OS2/c1-7-25-51(26-8-1)60-47-61-59-37-19-23-41-71(59)85-72(61)49-67(60)84-68-50-74-65(80-63-39-21-24-42-73(63)86-75-45-58(46-76(87-74)78(75)80)82(54-31-13-4-14-32-54)55-33-15-5-16-34-55)48-64(68)79-62-38-20-22-40-66(62)83(56-35-17-6-18-36-56)69-43-57(44-70(84)77(69)79)81(52-27-9-2-10-28-52)53-29-11-3-12-30-53/h1-50H. The van der Waals surface area contributed by atoms with Crippen molar-refractivity contribution in [3.8, 4) is 11.1 Å². The lowest BCUT2D eigenvalue weighted by molar-refractivity contribution is 0.669. The summed E-state index contributed by atoms with van der Waals surface area (Å²) < 4.78 is 6.98. The van der Waals surface area contributed by atoms with Crippen LogP contribution in [0.5, 0.6) is 0 Å². The summed E-state index contributed by atoms with van der Waals surface area (Å²) in [6.45, 7) is -0.168. The number of furan rings is 1. The molecule has 0 aliphatic carbocycles. The first kappa shape index (κ1) is 50.1. The normalized spacial score (nSPS) is 13.1. The third-order valence-electron chi connectivity index (χ3n) is 17.9. The first-order chi connectivity index (χ1) is 43.2. The molecule has 0 N–H and O–H groups in total. The van der Waals surface area contributed by atoms with Crippen LogP contribution in [0.2, 0.25) is 0 Å². The Morgan fingerprint density at radius 2 is 0.793 bits per heavy atom. The van der Waals surface area contributed by atoms with Crippen LogP contribution in [0, 0.1) is 0 Å². The largest absolute Gasteiger partial charge is 0.456 e. The maximum atomic E-state index is 6.98. The van der Waals surface area contributed by atoms with E-state index in [4.69, 9.17) is 4.42 Å². The van der Waals surface area contributed by atoms with Gasteiger partial charge in [0.05, 0.1) is 11.4 Å². The van der Waals surface area contributed by atoms with E-state index in [1.165, 1.54) is 52.4 Å². The Kier molecular flexibility index (Phi) is 11.6. The molecule has 0 amide bonds. The summed E-state index contributed by atoms with van der Waals surface area (Å²) in [5, 5.41) is 2.18. The fraction of sp³-hybridized carbons (Fsp3) is 0. The van der Waals surface area contributed by atoms with Crippen LogP contribution < -0.4 is 52.4 Å². The maximum absolute atomic E-state index is 6.98. The van der Waals surface area contributed by atoms with Gasteiger partial charge in [0, 0.05) is 98.9 Å². The quantitative estimate of drug-likeness (QED) is 0.133. The lowest BCUT2D eigenvalue weighted by Gasteiger charge is -2.46. The molecule has 9 heteroatoms. The van der Waals surface area contributed by atoms with E-state index < -0.39 is 0 Å². The number of anilines is 12. The van der Waals surface area contributed by atoms with Gasteiger partial charge in [0.2, 0.25) is 6.71 Å². The molecule has 0 unspecified atom stereocenters. The highest BCUT2D eigenvalue weighted by Crippen LogP contribution is 2.53. The van der Waals surface area contributed by atoms with Crippen LogP contribution in [0.4, 0.5) is 68.2 Å². The molecule has 406 valence electrons. The highest BCUT2D eigenvalue weighted by Gasteiger charge is 2.47. The van der Waals surface area contributed by atoms with Gasteiger partial charge in [0.1, 0.15) is 11.2 Å². The highest BCUT2D eigenvalue weighted by atomic mass is 32.2. The van der Waals surface area contributed by atoms with E-state index in [9.17, 15) is 0 Å². The molecule has 0 fully saturated rings. The highest BCUT2D eigenvalue weighted by molar-refractivity contribution is 8.01. The average molecular weight is 1150 g/mol. The molecule has 18 rings (SSSR count). The number of hydrogen-bond acceptors (Lipinski definition) is 7. The summed E-state index contributed by atoms with van der Waals surface area (Å²) in [7, 11) is 0. The van der Waals surface area contributed by atoms with Crippen molar-refractivity contribution in [2.24, 2.45) is 0 Å². The summed E-state index contributed by atoms with van der Waals surface area (Å²) in [5.74, 6) is 0. The molecule has 4 aliphatic heterocycles. The zero-order chi connectivity index (χ0) is 57.1. The molecule has 4 aliphatic rings. The van der Waals surface area contributed by atoms with E-state index in [-0.39, 0.29) is 13.4 Å². The number of hydrogen-bond donors (Lipinski definition) is 0. The van der Waals surface area contributed by atoms with E-state index in [1.807, 2.05) is 23.5 Å². The van der Waals surface area contributed by atoms with Crippen LogP contribution in [0.1, 0.15) is 0 Å². The van der Waals surface area contributed by atoms with Gasteiger partial charge < -0.3 is 24.0 Å². The molecule has 0 radical (unpaired) electrons. The van der Waals surface area contributed by atoms with Crippen molar-refractivity contribution >= 4 is 160 Å². The minimum atomic E-state index is -0.152. The van der Waals surface area contributed by atoms with Crippen LogP contribution in [0.15, 0.2) is 327 Å². The lowest BCUT2D eigenvalue weighted by Crippen LogP contribution is -2.64. The SMILES string of the molecule is c1ccc(-c2cc3c(cc2N2c4cc5c(cc4B4c6ccccc6N(c6ccccc6)c6cc(N(c7ccccc7)c7ccccc7)cc2c64)B2c4ccccc4Sc4cc(N(c6ccccc6)c6ccccc6)cc(c42)S5)oc2ccccc23)cc1. The molecule has 0 saturated carbocycles. The lowest BCUT2D eigenvalue weighted by atomic mass is 9.31. The molecule has 5 heterocycles. The van der Waals surface area contributed by atoms with E-state index in [0.29, 0.717) is 0 Å². The van der Waals surface area contributed by atoms with Gasteiger partial charge in [0.25, 0.3) is 6.71 Å². The Hall–Kier alpha value is -10.3. The number of para-hydroxylation sites is 7. The van der Waals surface area contributed by atoms with Gasteiger partial charge in [-0.3, -0.25) is 0 Å².